The number of rotatable bonds is 16. The number of aliphatic carboxylic acids is 2. The van der Waals surface area contributed by atoms with Crippen LogP contribution in [0.4, 0.5) is 0 Å². The number of carboxylic acids is 2. The molecule has 0 bridgehead atoms. The quantitative estimate of drug-likeness (QED) is 0.214. The molecule has 0 aromatic heterocycles. The van der Waals surface area contributed by atoms with Crippen molar-refractivity contribution in [1.29, 1.82) is 0 Å². The van der Waals surface area contributed by atoms with E-state index in [1.165, 1.54) is 25.3 Å². The Morgan fingerprint density at radius 2 is 1.42 bits per heavy atom. The predicted molar refractivity (Wildman–Crippen MR) is 98.2 cm³/mol. The Bertz CT molecular complexity index is 396. The third kappa shape index (κ3) is 16.8. The summed E-state index contributed by atoms with van der Waals surface area (Å²) in [5.74, 6) is -1.56. The molecule has 4 heteroatoms. The summed E-state index contributed by atoms with van der Waals surface area (Å²) in [6.45, 7) is 2.17. The molecular formula is C20H34O4. The zero-order chi connectivity index (χ0) is 18.0. The maximum Gasteiger partial charge on any atom is 0.328 e. The van der Waals surface area contributed by atoms with Crippen LogP contribution in [0.25, 0.3) is 0 Å². The van der Waals surface area contributed by atoms with Crippen molar-refractivity contribution < 1.29 is 19.8 Å². The summed E-state index contributed by atoms with van der Waals surface area (Å²) in [5, 5.41) is 17.5. The van der Waals surface area contributed by atoms with Crippen LogP contribution in [0.5, 0.6) is 0 Å². The van der Waals surface area contributed by atoms with Gasteiger partial charge in [-0.2, -0.15) is 0 Å². The van der Waals surface area contributed by atoms with Crippen molar-refractivity contribution in [2.45, 2.75) is 90.4 Å². The molecule has 0 aliphatic carbocycles. The fraction of sp³-hybridized carbons (Fsp3) is 0.700. The molecule has 0 spiro atoms. The number of allylic oxidation sites excluding steroid dienone is 3. The second-order valence-corrected chi connectivity index (χ2v) is 6.33. The Hall–Kier alpha value is -1.58. The molecule has 0 saturated heterocycles. The summed E-state index contributed by atoms with van der Waals surface area (Å²) in [6, 6.07) is 0. The second-order valence-electron chi connectivity index (χ2n) is 6.33. The van der Waals surface area contributed by atoms with Crippen molar-refractivity contribution in [2.24, 2.45) is 0 Å². The lowest BCUT2D eigenvalue weighted by molar-refractivity contribution is -0.137. The number of hydrogen-bond acceptors (Lipinski definition) is 2. The molecule has 4 nitrogen and oxygen atoms in total. The molecule has 0 unspecified atom stereocenters. The Kier molecular flexibility index (Phi) is 15.2. The maximum absolute atomic E-state index is 10.9. The van der Waals surface area contributed by atoms with Crippen molar-refractivity contribution in [3.05, 3.63) is 23.8 Å². The van der Waals surface area contributed by atoms with Gasteiger partial charge in [0.15, 0.2) is 0 Å². The molecule has 138 valence electrons. The molecule has 0 heterocycles. The van der Waals surface area contributed by atoms with Gasteiger partial charge >= 0.3 is 11.9 Å². The van der Waals surface area contributed by atoms with Crippen LogP contribution >= 0.6 is 0 Å². The molecule has 0 aromatic rings. The van der Waals surface area contributed by atoms with Crippen LogP contribution in [-0.2, 0) is 9.59 Å². The molecule has 0 aromatic carbocycles. The minimum absolute atomic E-state index is 0.275. The van der Waals surface area contributed by atoms with Crippen LogP contribution in [0, 0.1) is 0 Å². The molecule has 0 amide bonds. The van der Waals surface area contributed by atoms with Gasteiger partial charge in [0.05, 0.1) is 0 Å². The van der Waals surface area contributed by atoms with Gasteiger partial charge in [0.2, 0.25) is 0 Å². The second kappa shape index (κ2) is 16.3. The fourth-order valence-electron chi connectivity index (χ4n) is 2.61. The summed E-state index contributed by atoms with van der Waals surface area (Å²) < 4.78 is 0. The SMILES string of the molecule is CCCCCCC(=CC(=O)O)CC=CCCCCCCCC(=O)O. The molecule has 0 aliphatic heterocycles. The molecule has 0 atom stereocenters. The molecule has 0 saturated carbocycles. The Labute approximate surface area is 146 Å². The van der Waals surface area contributed by atoms with Crippen LogP contribution in [0.1, 0.15) is 90.4 Å². The van der Waals surface area contributed by atoms with Gasteiger partial charge in [-0.15, -0.1) is 0 Å². The standard InChI is InChI=1S/C20H34O4/c1-2-3-4-11-14-18(17-20(23)24)15-12-9-7-5-6-8-10-13-16-19(21)22/h9,12,17H,2-8,10-11,13-16H2,1H3,(H,21,22)(H,23,24). The van der Waals surface area contributed by atoms with Crippen molar-refractivity contribution in [3.8, 4) is 0 Å². The van der Waals surface area contributed by atoms with Crippen LogP contribution in [0.2, 0.25) is 0 Å². The van der Waals surface area contributed by atoms with E-state index in [9.17, 15) is 9.59 Å². The fourth-order valence-corrected chi connectivity index (χ4v) is 2.61. The number of carboxylic acid groups (broad SMARTS) is 2. The minimum Gasteiger partial charge on any atom is -0.481 e. The monoisotopic (exact) mass is 338 g/mol. The predicted octanol–water partition coefficient (Wildman–Crippen LogP) is 5.73. The first-order chi connectivity index (χ1) is 11.6. The van der Waals surface area contributed by atoms with Crippen molar-refractivity contribution in [3.63, 3.8) is 0 Å². The van der Waals surface area contributed by atoms with E-state index in [2.05, 4.69) is 19.1 Å². The summed E-state index contributed by atoms with van der Waals surface area (Å²) in [4.78, 5) is 21.2. The topological polar surface area (TPSA) is 74.6 Å². The number of carbonyl (C=O) groups is 2. The van der Waals surface area contributed by atoms with Crippen molar-refractivity contribution in [2.75, 3.05) is 0 Å². The van der Waals surface area contributed by atoms with Crippen molar-refractivity contribution in [1.82, 2.24) is 0 Å². The summed E-state index contributed by atoms with van der Waals surface area (Å²) in [6.07, 6.45) is 18.2. The summed E-state index contributed by atoms with van der Waals surface area (Å²) >= 11 is 0. The Morgan fingerprint density at radius 3 is 2.08 bits per heavy atom. The highest BCUT2D eigenvalue weighted by atomic mass is 16.4. The lowest BCUT2D eigenvalue weighted by Gasteiger charge is -2.04. The molecule has 24 heavy (non-hydrogen) atoms. The number of unbranched alkanes of at least 4 members (excludes halogenated alkanes) is 8. The maximum atomic E-state index is 10.9. The van der Waals surface area contributed by atoms with Crippen LogP contribution in [-0.4, -0.2) is 22.2 Å². The average Bonchev–Trinajstić information content (AvgIpc) is 2.52. The zero-order valence-corrected chi connectivity index (χ0v) is 15.1. The van der Waals surface area contributed by atoms with E-state index in [0.717, 1.165) is 63.4 Å². The van der Waals surface area contributed by atoms with Crippen LogP contribution in [0.15, 0.2) is 23.8 Å². The van der Waals surface area contributed by atoms with Gasteiger partial charge in [-0.05, 0) is 38.5 Å². The lowest BCUT2D eigenvalue weighted by Crippen LogP contribution is -1.93. The zero-order valence-electron chi connectivity index (χ0n) is 15.1. The minimum atomic E-state index is -0.852. The van der Waals surface area contributed by atoms with E-state index in [0.29, 0.717) is 0 Å². The lowest BCUT2D eigenvalue weighted by atomic mass is 10.0. The Morgan fingerprint density at radius 1 is 0.792 bits per heavy atom. The summed E-state index contributed by atoms with van der Waals surface area (Å²) in [7, 11) is 0. The van der Waals surface area contributed by atoms with E-state index < -0.39 is 11.9 Å². The van der Waals surface area contributed by atoms with Gasteiger partial charge in [-0.3, -0.25) is 4.79 Å². The Balaban J connectivity index is 3.78. The largest absolute Gasteiger partial charge is 0.481 e. The highest BCUT2D eigenvalue weighted by molar-refractivity contribution is 5.80. The van der Waals surface area contributed by atoms with E-state index in [1.54, 1.807) is 0 Å². The van der Waals surface area contributed by atoms with Gasteiger partial charge < -0.3 is 10.2 Å². The molecular weight excluding hydrogens is 304 g/mol. The molecule has 0 fully saturated rings. The van der Waals surface area contributed by atoms with Crippen LogP contribution in [0.3, 0.4) is 0 Å². The van der Waals surface area contributed by atoms with E-state index in [1.807, 2.05) is 0 Å². The molecule has 0 radical (unpaired) electrons. The first-order valence-corrected chi connectivity index (χ1v) is 9.35. The van der Waals surface area contributed by atoms with E-state index in [-0.39, 0.29) is 6.42 Å². The van der Waals surface area contributed by atoms with Gasteiger partial charge in [-0.25, -0.2) is 4.79 Å². The third-order valence-electron chi connectivity index (χ3n) is 3.99. The van der Waals surface area contributed by atoms with Crippen molar-refractivity contribution >= 4 is 11.9 Å². The van der Waals surface area contributed by atoms with Gasteiger partial charge in [-0.1, -0.05) is 63.2 Å². The summed E-state index contributed by atoms with van der Waals surface area (Å²) in [5.41, 5.74) is 1.00. The van der Waals surface area contributed by atoms with E-state index in [4.69, 9.17) is 10.2 Å². The van der Waals surface area contributed by atoms with E-state index >= 15 is 0 Å². The van der Waals surface area contributed by atoms with Crippen LogP contribution < -0.4 is 0 Å². The normalized spacial score (nSPS) is 12.0. The first kappa shape index (κ1) is 22.4. The third-order valence-corrected chi connectivity index (χ3v) is 3.99. The van der Waals surface area contributed by atoms with Gasteiger partial charge in [0.25, 0.3) is 0 Å². The van der Waals surface area contributed by atoms with Gasteiger partial charge in [0, 0.05) is 12.5 Å². The molecule has 0 aliphatic rings. The van der Waals surface area contributed by atoms with Gasteiger partial charge in [0.1, 0.15) is 0 Å². The smallest absolute Gasteiger partial charge is 0.328 e. The average molecular weight is 338 g/mol. The highest BCUT2D eigenvalue weighted by Crippen LogP contribution is 2.15. The first-order valence-electron chi connectivity index (χ1n) is 9.35. The molecule has 0 rings (SSSR count). The number of hydrogen-bond donors (Lipinski definition) is 2. The highest BCUT2D eigenvalue weighted by Gasteiger charge is 2.00. The molecule has 2 N–H and O–H groups in total.